The lowest BCUT2D eigenvalue weighted by Gasteiger charge is -2.08. The maximum Gasteiger partial charge on any atom is 0.247 e. The predicted molar refractivity (Wildman–Crippen MR) is 111 cm³/mol. The van der Waals surface area contributed by atoms with Crippen molar-refractivity contribution in [2.45, 2.75) is 13.0 Å². The van der Waals surface area contributed by atoms with Crippen molar-refractivity contribution < 1.29 is 9.53 Å². The number of benzene rings is 2. The highest BCUT2D eigenvalue weighted by Crippen LogP contribution is 2.23. The quantitative estimate of drug-likeness (QED) is 0.434. The molecule has 2 aromatic carbocycles. The molecular formula is C18H15Cl2N5O2S. The van der Waals surface area contributed by atoms with E-state index in [4.69, 9.17) is 33.7 Å². The molecule has 0 radical (unpaired) electrons. The fourth-order valence-corrected chi connectivity index (χ4v) is 3.25. The molecule has 1 amide bonds. The summed E-state index contributed by atoms with van der Waals surface area (Å²) in [6.07, 6.45) is 1.59. The third-order valence-electron chi connectivity index (χ3n) is 3.46. The molecule has 3 rings (SSSR count). The van der Waals surface area contributed by atoms with Crippen LogP contribution >= 0.6 is 34.5 Å². The Bertz CT molecular complexity index is 1010. The van der Waals surface area contributed by atoms with E-state index in [9.17, 15) is 4.79 Å². The average Bonchev–Trinajstić information content (AvgIpc) is 3.06. The Labute approximate surface area is 175 Å². The van der Waals surface area contributed by atoms with Gasteiger partial charge in [-0.3, -0.25) is 4.79 Å². The smallest absolute Gasteiger partial charge is 0.247 e. The predicted octanol–water partition coefficient (Wildman–Crippen LogP) is 3.70. The van der Waals surface area contributed by atoms with Crippen molar-refractivity contribution in [3.8, 4) is 5.75 Å². The zero-order valence-corrected chi connectivity index (χ0v) is 16.8. The summed E-state index contributed by atoms with van der Waals surface area (Å²) in [5.41, 5.74) is 9.51. The van der Waals surface area contributed by atoms with Gasteiger partial charge in [0.1, 0.15) is 17.4 Å². The largest absolute Gasteiger partial charge is 0.489 e. The van der Waals surface area contributed by atoms with Crippen LogP contribution in [0.4, 0.5) is 5.13 Å². The number of amides is 1. The monoisotopic (exact) mass is 435 g/mol. The van der Waals surface area contributed by atoms with Crippen LogP contribution in [0.1, 0.15) is 16.1 Å². The van der Waals surface area contributed by atoms with Crippen LogP contribution in [0.15, 0.2) is 47.6 Å². The van der Waals surface area contributed by atoms with Crippen LogP contribution in [0, 0.1) is 0 Å². The molecule has 1 aromatic heterocycles. The van der Waals surface area contributed by atoms with Crippen LogP contribution in [0.5, 0.6) is 5.75 Å². The number of hydrogen-bond acceptors (Lipinski definition) is 7. The molecule has 0 aliphatic heterocycles. The summed E-state index contributed by atoms with van der Waals surface area (Å²) < 4.78 is 5.76. The minimum atomic E-state index is -0.308. The van der Waals surface area contributed by atoms with Crippen LogP contribution in [-0.4, -0.2) is 22.3 Å². The maximum absolute atomic E-state index is 11.8. The number of hydrazone groups is 1. The SMILES string of the molecule is Nc1nnc(CC(=O)NN=Cc2cccc(OCc3ccc(Cl)cc3Cl)c2)s1. The Hall–Kier alpha value is -2.68. The second-order valence-electron chi connectivity index (χ2n) is 5.60. The third kappa shape index (κ3) is 5.91. The highest BCUT2D eigenvalue weighted by atomic mass is 35.5. The molecular weight excluding hydrogens is 421 g/mol. The molecule has 0 saturated heterocycles. The van der Waals surface area contributed by atoms with Gasteiger partial charge in [-0.2, -0.15) is 5.10 Å². The minimum absolute atomic E-state index is 0.0667. The van der Waals surface area contributed by atoms with Crippen molar-refractivity contribution in [1.82, 2.24) is 15.6 Å². The first-order valence-corrected chi connectivity index (χ1v) is 9.63. The molecule has 0 saturated carbocycles. The van der Waals surface area contributed by atoms with Crippen LogP contribution in [0.2, 0.25) is 10.0 Å². The molecule has 7 nitrogen and oxygen atoms in total. The van der Waals surface area contributed by atoms with Crippen molar-refractivity contribution in [3.05, 3.63) is 68.6 Å². The molecule has 0 spiro atoms. The number of nitrogens with two attached hydrogens (primary N) is 1. The van der Waals surface area contributed by atoms with E-state index >= 15 is 0 Å². The summed E-state index contributed by atoms with van der Waals surface area (Å²) in [6.45, 7) is 0.304. The average molecular weight is 436 g/mol. The summed E-state index contributed by atoms with van der Waals surface area (Å²) >= 11 is 13.2. The first kappa shape index (κ1) is 20.1. The number of hydrogen-bond donors (Lipinski definition) is 2. The van der Waals surface area contributed by atoms with Crippen LogP contribution in [-0.2, 0) is 17.8 Å². The highest BCUT2D eigenvalue weighted by molar-refractivity contribution is 7.15. The second-order valence-corrected chi connectivity index (χ2v) is 7.54. The number of carbonyl (C=O) groups is 1. The normalized spacial score (nSPS) is 10.9. The van der Waals surface area contributed by atoms with Gasteiger partial charge in [-0.1, -0.05) is 52.7 Å². The molecule has 0 atom stereocenters. The summed E-state index contributed by atoms with van der Waals surface area (Å²) in [5.74, 6) is 0.336. The Morgan fingerprint density at radius 1 is 1.25 bits per heavy atom. The Morgan fingerprint density at radius 2 is 2.11 bits per heavy atom. The molecule has 3 aromatic rings. The van der Waals surface area contributed by atoms with Crippen LogP contribution < -0.4 is 15.9 Å². The van der Waals surface area contributed by atoms with Gasteiger partial charge in [-0.05, 0) is 29.8 Å². The lowest BCUT2D eigenvalue weighted by Crippen LogP contribution is -2.19. The van der Waals surface area contributed by atoms with Gasteiger partial charge in [-0.15, -0.1) is 10.2 Å². The molecule has 0 unspecified atom stereocenters. The van der Waals surface area contributed by atoms with Crippen molar-refractivity contribution in [2.75, 3.05) is 5.73 Å². The van der Waals surface area contributed by atoms with E-state index in [1.54, 1.807) is 18.2 Å². The van der Waals surface area contributed by atoms with Gasteiger partial charge in [0.2, 0.25) is 11.0 Å². The van der Waals surface area contributed by atoms with E-state index in [0.29, 0.717) is 32.5 Å². The van der Waals surface area contributed by atoms with E-state index in [1.807, 2.05) is 24.3 Å². The van der Waals surface area contributed by atoms with Gasteiger partial charge in [0.15, 0.2) is 0 Å². The van der Waals surface area contributed by atoms with Gasteiger partial charge >= 0.3 is 0 Å². The molecule has 10 heteroatoms. The Morgan fingerprint density at radius 3 is 2.86 bits per heavy atom. The molecule has 28 heavy (non-hydrogen) atoms. The minimum Gasteiger partial charge on any atom is -0.489 e. The lowest BCUT2D eigenvalue weighted by molar-refractivity contribution is -0.120. The van der Waals surface area contributed by atoms with Crippen LogP contribution in [0.25, 0.3) is 0 Å². The van der Waals surface area contributed by atoms with E-state index in [0.717, 1.165) is 22.5 Å². The third-order valence-corrected chi connectivity index (χ3v) is 4.80. The van der Waals surface area contributed by atoms with Crippen molar-refractivity contribution in [1.29, 1.82) is 0 Å². The number of carbonyl (C=O) groups excluding carboxylic acids is 1. The number of rotatable bonds is 7. The molecule has 0 bridgehead atoms. The van der Waals surface area contributed by atoms with Crippen molar-refractivity contribution in [2.24, 2.45) is 5.10 Å². The number of aromatic nitrogens is 2. The molecule has 0 aliphatic rings. The van der Waals surface area contributed by atoms with Gasteiger partial charge in [0.05, 0.1) is 12.6 Å². The Balaban J connectivity index is 1.53. The van der Waals surface area contributed by atoms with E-state index < -0.39 is 0 Å². The zero-order valence-electron chi connectivity index (χ0n) is 14.4. The molecule has 1 heterocycles. The highest BCUT2D eigenvalue weighted by Gasteiger charge is 2.07. The maximum atomic E-state index is 11.8. The molecule has 144 valence electrons. The van der Waals surface area contributed by atoms with Gasteiger partial charge < -0.3 is 10.5 Å². The van der Waals surface area contributed by atoms with Crippen molar-refractivity contribution >= 4 is 51.8 Å². The number of halogens is 2. The summed E-state index contributed by atoms with van der Waals surface area (Å²) in [7, 11) is 0. The number of nitrogens with one attached hydrogen (secondary N) is 1. The first-order valence-electron chi connectivity index (χ1n) is 8.06. The van der Waals surface area contributed by atoms with Gasteiger partial charge in [0, 0.05) is 15.6 Å². The second kappa shape index (κ2) is 9.50. The fourth-order valence-electron chi connectivity index (χ4n) is 2.18. The molecule has 3 N–H and O–H groups in total. The number of anilines is 1. The summed E-state index contributed by atoms with van der Waals surface area (Å²) in [6, 6.07) is 12.5. The van der Waals surface area contributed by atoms with Crippen molar-refractivity contribution in [3.63, 3.8) is 0 Å². The fraction of sp³-hybridized carbons (Fsp3) is 0.111. The van der Waals surface area contributed by atoms with E-state index in [2.05, 4.69) is 20.7 Å². The standard InChI is InChI=1S/C18H15Cl2N5O2S/c19-13-5-4-12(15(20)7-13)10-27-14-3-1-2-11(6-14)9-22-23-16(26)8-17-24-25-18(21)28-17/h1-7,9H,8,10H2,(H2,21,25)(H,23,26). The molecule has 0 fully saturated rings. The number of nitrogen functional groups attached to an aromatic ring is 1. The summed E-state index contributed by atoms with van der Waals surface area (Å²) in [4.78, 5) is 11.8. The number of ether oxygens (including phenoxy) is 1. The zero-order chi connectivity index (χ0) is 19.9. The lowest BCUT2D eigenvalue weighted by atomic mass is 10.2. The van der Waals surface area contributed by atoms with Gasteiger partial charge in [-0.25, -0.2) is 5.43 Å². The first-order chi connectivity index (χ1) is 13.5. The van der Waals surface area contributed by atoms with E-state index in [1.165, 1.54) is 6.21 Å². The summed E-state index contributed by atoms with van der Waals surface area (Å²) in [5, 5.41) is 13.4. The Kier molecular flexibility index (Phi) is 6.80. The van der Waals surface area contributed by atoms with Gasteiger partial charge in [0.25, 0.3) is 0 Å². The number of nitrogens with zero attached hydrogens (tertiary/aromatic N) is 3. The topological polar surface area (TPSA) is 102 Å². The molecule has 0 aliphatic carbocycles. The van der Waals surface area contributed by atoms with E-state index in [-0.39, 0.29) is 12.3 Å². The van der Waals surface area contributed by atoms with Crippen LogP contribution in [0.3, 0.4) is 0 Å².